The molecule has 2 N–H and O–H groups in total. The second kappa shape index (κ2) is 6.36. The van der Waals surface area contributed by atoms with Gasteiger partial charge in [0.15, 0.2) is 0 Å². The van der Waals surface area contributed by atoms with Crippen molar-refractivity contribution >= 4 is 5.91 Å². The van der Waals surface area contributed by atoms with Gasteiger partial charge in [-0.1, -0.05) is 6.92 Å². The molecule has 0 spiro atoms. The third-order valence-corrected chi connectivity index (χ3v) is 3.80. The molecule has 98 valence electrons. The number of ether oxygens (including phenoxy) is 1. The maximum absolute atomic E-state index is 12.0. The summed E-state index contributed by atoms with van der Waals surface area (Å²) in [6, 6.07) is 0.0169. The second-order valence-electron chi connectivity index (χ2n) is 5.46. The van der Waals surface area contributed by atoms with Crippen molar-refractivity contribution in [1.29, 1.82) is 0 Å². The monoisotopic (exact) mass is 240 g/mol. The molecule has 0 aliphatic carbocycles. The van der Waals surface area contributed by atoms with E-state index in [1.807, 2.05) is 0 Å². The molecule has 0 saturated carbocycles. The van der Waals surface area contributed by atoms with Gasteiger partial charge in [0.2, 0.25) is 5.91 Å². The van der Waals surface area contributed by atoms with E-state index in [0.29, 0.717) is 11.8 Å². The molecule has 2 rings (SSSR count). The minimum atomic E-state index is 0.0169. The van der Waals surface area contributed by atoms with Crippen LogP contribution in [0.5, 0.6) is 0 Å². The Hall–Kier alpha value is -0.610. The molecule has 3 atom stereocenters. The number of carbonyl (C=O) groups excluding carboxylic acids is 1. The quantitative estimate of drug-likeness (QED) is 0.771. The van der Waals surface area contributed by atoms with Crippen LogP contribution >= 0.6 is 0 Å². The molecule has 2 aliphatic rings. The van der Waals surface area contributed by atoms with E-state index in [0.717, 1.165) is 39.1 Å². The third-order valence-electron chi connectivity index (χ3n) is 3.80. The van der Waals surface area contributed by atoms with Gasteiger partial charge >= 0.3 is 0 Å². The minimum Gasteiger partial charge on any atom is -0.381 e. The summed E-state index contributed by atoms with van der Waals surface area (Å²) in [6.07, 6.45) is 4.45. The van der Waals surface area contributed by atoms with Gasteiger partial charge in [-0.2, -0.15) is 0 Å². The Morgan fingerprint density at radius 3 is 3.06 bits per heavy atom. The molecule has 0 bridgehead atoms. The number of piperidine rings is 1. The lowest BCUT2D eigenvalue weighted by Crippen LogP contribution is -2.49. The zero-order valence-electron chi connectivity index (χ0n) is 10.7. The fraction of sp³-hybridized carbons (Fsp3) is 0.923. The van der Waals surface area contributed by atoms with E-state index in [1.54, 1.807) is 0 Å². The van der Waals surface area contributed by atoms with E-state index in [-0.39, 0.29) is 11.9 Å². The highest BCUT2D eigenvalue weighted by Crippen LogP contribution is 2.16. The highest BCUT2D eigenvalue weighted by molar-refractivity contribution is 5.81. The van der Waals surface area contributed by atoms with Gasteiger partial charge in [-0.15, -0.1) is 0 Å². The van der Waals surface area contributed by atoms with Crippen molar-refractivity contribution in [2.45, 2.75) is 38.6 Å². The molecule has 4 nitrogen and oxygen atoms in total. The van der Waals surface area contributed by atoms with Gasteiger partial charge in [0.1, 0.15) is 0 Å². The van der Waals surface area contributed by atoms with Crippen LogP contribution in [0.25, 0.3) is 0 Å². The summed E-state index contributed by atoms with van der Waals surface area (Å²) in [7, 11) is 0. The average Bonchev–Trinajstić information content (AvgIpc) is 2.37. The molecule has 4 heteroatoms. The van der Waals surface area contributed by atoms with Crippen molar-refractivity contribution in [2.75, 3.05) is 26.3 Å². The molecule has 1 amide bonds. The summed E-state index contributed by atoms with van der Waals surface area (Å²) in [5, 5.41) is 6.35. The molecule has 0 aromatic rings. The maximum atomic E-state index is 12.0. The lowest BCUT2D eigenvalue weighted by molar-refractivity contribution is -0.124. The Bertz CT molecular complexity index is 252. The molecule has 2 saturated heterocycles. The summed E-state index contributed by atoms with van der Waals surface area (Å²) in [5.41, 5.74) is 0. The Morgan fingerprint density at radius 1 is 1.47 bits per heavy atom. The Balaban J connectivity index is 1.69. The molecular weight excluding hydrogens is 216 g/mol. The maximum Gasteiger partial charge on any atom is 0.237 e. The van der Waals surface area contributed by atoms with Crippen LogP contribution in [0.1, 0.15) is 32.6 Å². The molecule has 2 fully saturated rings. The number of amides is 1. The molecule has 2 heterocycles. The van der Waals surface area contributed by atoms with Crippen molar-refractivity contribution in [3.63, 3.8) is 0 Å². The zero-order chi connectivity index (χ0) is 12.1. The molecular formula is C13H24N2O2. The number of nitrogens with one attached hydrogen (secondary N) is 2. The van der Waals surface area contributed by atoms with Gasteiger partial charge in [-0.3, -0.25) is 4.79 Å². The van der Waals surface area contributed by atoms with Crippen LogP contribution in [-0.2, 0) is 9.53 Å². The van der Waals surface area contributed by atoms with E-state index in [9.17, 15) is 4.79 Å². The fourth-order valence-electron chi connectivity index (χ4n) is 2.64. The van der Waals surface area contributed by atoms with E-state index in [2.05, 4.69) is 17.6 Å². The molecule has 0 aromatic heterocycles. The van der Waals surface area contributed by atoms with Crippen LogP contribution in [0.2, 0.25) is 0 Å². The molecule has 3 unspecified atom stereocenters. The third kappa shape index (κ3) is 3.96. The number of hydrogen-bond donors (Lipinski definition) is 2. The first kappa shape index (κ1) is 12.8. The van der Waals surface area contributed by atoms with Gasteiger partial charge in [0.05, 0.1) is 12.6 Å². The van der Waals surface area contributed by atoms with Crippen LogP contribution in [0.3, 0.4) is 0 Å². The first-order valence-electron chi connectivity index (χ1n) is 6.84. The topological polar surface area (TPSA) is 50.4 Å². The fourth-order valence-corrected chi connectivity index (χ4v) is 2.64. The number of hydrogen-bond acceptors (Lipinski definition) is 3. The Morgan fingerprint density at radius 2 is 2.35 bits per heavy atom. The molecule has 0 aromatic carbocycles. The Labute approximate surface area is 103 Å². The summed E-state index contributed by atoms with van der Waals surface area (Å²) in [4.78, 5) is 12.0. The molecule has 2 aliphatic heterocycles. The van der Waals surface area contributed by atoms with Crippen molar-refractivity contribution in [2.24, 2.45) is 11.8 Å². The van der Waals surface area contributed by atoms with Gasteiger partial charge in [-0.25, -0.2) is 0 Å². The van der Waals surface area contributed by atoms with Crippen molar-refractivity contribution < 1.29 is 9.53 Å². The summed E-state index contributed by atoms with van der Waals surface area (Å²) >= 11 is 0. The second-order valence-corrected chi connectivity index (χ2v) is 5.46. The van der Waals surface area contributed by atoms with Crippen LogP contribution in [0, 0.1) is 11.8 Å². The van der Waals surface area contributed by atoms with Crippen molar-refractivity contribution in [3.8, 4) is 0 Å². The highest BCUT2D eigenvalue weighted by atomic mass is 16.5. The minimum absolute atomic E-state index is 0.0169. The van der Waals surface area contributed by atoms with Gasteiger partial charge in [0, 0.05) is 13.2 Å². The van der Waals surface area contributed by atoms with Crippen LogP contribution in [0.15, 0.2) is 0 Å². The Kier molecular flexibility index (Phi) is 4.80. The SMILES string of the molecule is CC1CCNC(C(=O)NCC2CCCOC2)C1. The van der Waals surface area contributed by atoms with Gasteiger partial charge in [-0.05, 0) is 44.1 Å². The normalized spacial score (nSPS) is 34.3. The van der Waals surface area contributed by atoms with Crippen LogP contribution in [0.4, 0.5) is 0 Å². The lowest BCUT2D eigenvalue weighted by Gasteiger charge is -2.28. The number of rotatable bonds is 3. The lowest BCUT2D eigenvalue weighted by atomic mass is 9.93. The van der Waals surface area contributed by atoms with Crippen molar-refractivity contribution in [1.82, 2.24) is 10.6 Å². The highest BCUT2D eigenvalue weighted by Gasteiger charge is 2.25. The first-order chi connectivity index (χ1) is 8.25. The summed E-state index contributed by atoms with van der Waals surface area (Å²) in [5.74, 6) is 1.33. The van der Waals surface area contributed by atoms with E-state index < -0.39 is 0 Å². The van der Waals surface area contributed by atoms with Crippen LogP contribution in [-0.4, -0.2) is 38.3 Å². The van der Waals surface area contributed by atoms with Crippen LogP contribution < -0.4 is 10.6 Å². The average molecular weight is 240 g/mol. The summed E-state index contributed by atoms with van der Waals surface area (Å²) in [6.45, 7) is 5.63. The van der Waals surface area contributed by atoms with E-state index in [1.165, 1.54) is 12.8 Å². The molecule has 0 radical (unpaired) electrons. The number of carbonyl (C=O) groups is 1. The van der Waals surface area contributed by atoms with E-state index >= 15 is 0 Å². The van der Waals surface area contributed by atoms with Gasteiger partial charge in [0.25, 0.3) is 0 Å². The van der Waals surface area contributed by atoms with E-state index in [4.69, 9.17) is 4.74 Å². The predicted molar refractivity (Wildman–Crippen MR) is 66.7 cm³/mol. The largest absolute Gasteiger partial charge is 0.381 e. The standard InChI is InChI=1S/C13H24N2O2/c1-10-4-5-14-12(7-10)13(16)15-8-11-3-2-6-17-9-11/h10-12,14H,2-9H2,1H3,(H,15,16). The van der Waals surface area contributed by atoms with Crippen molar-refractivity contribution in [3.05, 3.63) is 0 Å². The zero-order valence-corrected chi connectivity index (χ0v) is 10.7. The predicted octanol–water partition coefficient (Wildman–Crippen LogP) is 0.917. The first-order valence-corrected chi connectivity index (χ1v) is 6.84. The molecule has 17 heavy (non-hydrogen) atoms. The van der Waals surface area contributed by atoms with Gasteiger partial charge < -0.3 is 15.4 Å². The smallest absolute Gasteiger partial charge is 0.237 e. The summed E-state index contributed by atoms with van der Waals surface area (Å²) < 4.78 is 5.41.